The summed E-state index contributed by atoms with van der Waals surface area (Å²) in [6, 6.07) is 8.17. The molecule has 0 saturated carbocycles. The Morgan fingerprint density at radius 2 is 1.66 bits per heavy atom. The van der Waals surface area contributed by atoms with Gasteiger partial charge in [0.15, 0.2) is 11.6 Å². The molecule has 170 valence electrons. The molecular formula is C20H18ClF3N4O3S. The molecule has 1 aromatic heterocycles. The number of hydrogen-bond donors (Lipinski definition) is 2. The monoisotopic (exact) mass is 486 g/mol. The second kappa shape index (κ2) is 9.00. The minimum Gasteiger partial charge on any atom is -0.479 e. The smallest absolute Gasteiger partial charge is 0.416 e. The normalized spacial score (nSPS) is 12.3. The van der Waals surface area contributed by atoms with E-state index in [9.17, 15) is 26.7 Å². The van der Waals surface area contributed by atoms with Crippen molar-refractivity contribution in [2.45, 2.75) is 31.8 Å². The Balaban J connectivity index is 1.96. The number of halogens is 4. The Morgan fingerprint density at radius 3 is 2.25 bits per heavy atom. The summed E-state index contributed by atoms with van der Waals surface area (Å²) in [4.78, 5) is 11.9. The average Bonchev–Trinajstić information content (AvgIpc) is 2.72. The third-order valence-electron chi connectivity index (χ3n) is 4.46. The topological polar surface area (TPSA) is 105 Å². The summed E-state index contributed by atoms with van der Waals surface area (Å²) in [6.07, 6.45) is -4.49. The molecule has 32 heavy (non-hydrogen) atoms. The SMILES string of the molecule is CC(C)S(=O)(=O)NCc1ccc(Cl)c(-c2nc(O)nc(-c3ccc(C(F)(F)F)cc3)n2)c1. The van der Waals surface area contributed by atoms with Crippen molar-refractivity contribution in [3.63, 3.8) is 0 Å². The molecule has 0 spiro atoms. The predicted octanol–water partition coefficient (Wildman–Crippen LogP) is 4.41. The van der Waals surface area contributed by atoms with Crippen LogP contribution >= 0.6 is 11.6 Å². The van der Waals surface area contributed by atoms with Crippen molar-refractivity contribution >= 4 is 21.6 Å². The van der Waals surface area contributed by atoms with Crippen LogP contribution < -0.4 is 4.72 Å². The van der Waals surface area contributed by atoms with Gasteiger partial charge in [-0.25, -0.2) is 18.1 Å². The van der Waals surface area contributed by atoms with Crippen LogP contribution in [0.4, 0.5) is 13.2 Å². The highest BCUT2D eigenvalue weighted by atomic mass is 35.5. The van der Waals surface area contributed by atoms with Gasteiger partial charge in [0.2, 0.25) is 10.0 Å². The standard InChI is InChI=1S/C20H18ClF3N4O3S/c1-11(2)32(30,31)25-10-12-3-8-16(21)15(9-12)18-26-17(27-19(29)28-18)13-4-6-14(7-5-13)20(22,23)24/h3-9,11,25H,10H2,1-2H3,(H,26,27,28,29). The van der Waals surface area contributed by atoms with E-state index in [1.165, 1.54) is 18.2 Å². The first-order chi connectivity index (χ1) is 14.9. The number of aromatic nitrogens is 3. The van der Waals surface area contributed by atoms with Gasteiger partial charge in [-0.15, -0.1) is 0 Å². The fourth-order valence-electron chi connectivity index (χ4n) is 2.63. The molecule has 3 aromatic rings. The largest absolute Gasteiger partial charge is 0.479 e. The van der Waals surface area contributed by atoms with Crippen molar-refractivity contribution in [3.8, 4) is 28.8 Å². The van der Waals surface area contributed by atoms with Gasteiger partial charge < -0.3 is 5.11 Å². The van der Waals surface area contributed by atoms with Gasteiger partial charge in [0.1, 0.15) is 0 Å². The summed E-state index contributed by atoms with van der Waals surface area (Å²) in [5.41, 5.74) is 0.247. The lowest BCUT2D eigenvalue weighted by atomic mass is 10.1. The minimum absolute atomic E-state index is 0.00644. The van der Waals surface area contributed by atoms with Gasteiger partial charge in [0.05, 0.1) is 15.8 Å². The summed E-state index contributed by atoms with van der Waals surface area (Å²) in [5, 5.41) is 9.57. The first-order valence-corrected chi connectivity index (χ1v) is 11.2. The van der Waals surface area contributed by atoms with E-state index in [0.717, 1.165) is 12.1 Å². The van der Waals surface area contributed by atoms with Crippen LogP contribution in [-0.4, -0.2) is 33.7 Å². The third kappa shape index (κ3) is 5.53. The van der Waals surface area contributed by atoms with Gasteiger partial charge >= 0.3 is 12.2 Å². The summed E-state index contributed by atoms with van der Waals surface area (Å²) in [6.45, 7) is 3.09. The minimum atomic E-state index is -4.49. The number of benzene rings is 2. The fraction of sp³-hybridized carbons (Fsp3) is 0.250. The van der Waals surface area contributed by atoms with Crippen molar-refractivity contribution in [2.24, 2.45) is 0 Å². The molecule has 3 rings (SSSR count). The summed E-state index contributed by atoms with van der Waals surface area (Å²) in [5.74, 6) is -0.0748. The van der Waals surface area contributed by atoms with Crippen molar-refractivity contribution in [1.29, 1.82) is 0 Å². The van der Waals surface area contributed by atoms with Crippen LogP contribution in [0.2, 0.25) is 5.02 Å². The Bertz CT molecular complexity index is 1230. The number of hydrogen-bond acceptors (Lipinski definition) is 6. The van der Waals surface area contributed by atoms with Crippen molar-refractivity contribution in [3.05, 3.63) is 58.6 Å². The number of sulfonamides is 1. The van der Waals surface area contributed by atoms with Gasteiger partial charge in [-0.1, -0.05) is 29.8 Å². The van der Waals surface area contributed by atoms with E-state index in [-0.39, 0.29) is 28.8 Å². The summed E-state index contributed by atoms with van der Waals surface area (Å²) in [7, 11) is -3.49. The van der Waals surface area contributed by atoms with Crippen LogP contribution in [0.3, 0.4) is 0 Å². The van der Waals surface area contributed by atoms with Gasteiger partial charge in [0, 0.05) is 17.7 Å². The maximum Gasteiger partial charge on any atom is 0.416 e. The van der Waals surface area contributed by atoms with Crippen LogP contribution in [0.1, 0.15) is 25.0 Å². The maximum atomic E-state index is 12.8. The lowest BCUT2D eigenvalue weighted by Gasteiger charge is -2.11. The zero-order valence-corrected chi connectivity index (χ0v) is 18.4. The van der Waals surface area contributed by atoms with E-state index in [1.54, 1.807) is 26.0 Å². The van der Waals surface area contributed by atoms with Crippen LogP contribution in [-0.2, 0) is 22.7 Å². The Labute approximate surface area is 187 Å². The molecule has 0 aliphatic heterocycles. The highest BCUT2D eigenvalue weighted by Crippen LogP contribution is 2.32. The molecule has 12 heteroatoms. The molecule has 0 bridgehead atoms. The molecule has 0 fully saturated rings. The zero-order chi connectivity index (χ0) is 23.7. The van der Waals surface area contributed by atoms with E-state index in [0.29, 0.717) is 11.1 Å². The van der Waals surface area contributed by atoms with E-state index >= 15 is 0 Å². The van der Waals surface area contributed by atoms with E-state index in [4.69, 9.17) is 11.6 Å². The zero-order valence-electron chi connectivity index (χ0n) is 16.9. The molecule has 2 aromatic carbocycles. The molecule has 1 heterocycles. The van der Waals surface area contributed by atoms with E-state index in [1.807, 2.05) is 0 Å². The van der Waals surface area contributed by atoms with Gasteiger partial charge in [-0.2, -0.15) is 23.1 Å². The molecule has 0 radical (unpaired) electrons. The predicted molar refractivity (Wildman–Crippen MR) is 113 cm³/mol. The lowest BCUT2D eigenvalue weighted by molar-refractivity contribution is -0.137. The van der Waals surface area contributed by atoms with Crippen LogP contribution in [0.5, 0.6) is 6.01 Å². The molecule has 0 aliphatic carbocycles. The number of aromatic hydroxyl groups is 1. The molecule has 7 nitrogen and oxygen atoms in total. The molecule has 0 aliphatic rings. The quantitative estimate of drug-likeness (QED) is 0.534. The molecule has 2 N–H and O–H groups in total. The maximum absolute atomic E-state index is 12.8. The van der Waals surface area contributed by atoms with Gasteiger partial charge in [-0.05, 0) is 43.7 Å². The van der Waals surface area contributed by atoms with Crippen LogP contribution in [0.25, 0.3) is 22.8 Å². The molecular weight excluding hydrogens is 469 g/mol. The van der Waals surface area contributed by atoms with Gasteiger partial charge in [0.25, 0.3) is 0 Å². The van der Waals surface area contributed by atoms with Crippen LogP contribution in [0.15, 0.2) is 42.5 Å². The Kier molecular flexibility index (Phi) is 6.72. The molecule has 0 atom stereocenters. The van der Waals surface area contributed by atoms with E-state index in [2.05, 4.69) is 19.7 Å². The first-order valence-electron chi connectivity index (χ1n) is 9.27. The van der Waals surface area contributed by atoms with Gasteiger partial charge in [-0.3, -0.25) is 0 Å². The summed E-state index contributed by atoms with van der Waals surface area (Å²) >= 11 is 6.25. The molecule has 0 amide bonds. The fourth-order valence-corrected chi connectivity index (χ4v) is 3.53. The highest BCUT2D eigenvalue weighted by molar-refractivity contribution is 7.90. The van der Waals surface area contributed by atoms with Crippen molar-refractivity contribution in [2.75, 3.05) is 0 Å². The number of rotatable bonds is 6. The Morgan fingerprint density at radius 1 is 1.03 bits per heavy atom. The second-order valence-electron chi connectivity index (χ2n) is 7.09. The van der Waals surface area contributed by atoms with Crippen molar-refractivity contribution < 1.29 is 26.7 Å². The second-order valence-corrected chi connectivity index (χ2v) is 9.82. The average molecular weight is 487 g/mol. The van der Waals surface area contributed by atoms with E-state index < -0.39 is 33.0 Å². The molecule has 0 unspecified atom stereocenters. The van der Waals surface area contributed by atoms with Crippen molar-refractivity contribution in [1.82, 2.24) is 19.7 Å². The summed E-state index contributed by atoms with van der Waals surface area (Å²) < 4.78 is 64.8. The highest BCUT2D eigenvalue weighted by Gasteiger charge is 2.30. The number of nitrogens with zero attached hydrogens (tertiary/aromatic N) is 3. The third-order valence-corrected chi connectivity index (χ3v) is 6.58. The molecule has 0 saturated heterocycles. The number of nitrogens with one attached hydrogen (secondary N) is 1. The lowest BCUT2D eigenvalue weighted by Crippen LogP contribution is -2.30. The first kappa shape index (κ1) is 23.9. The van der Waals surface area contributed by atoms with Crippen LogP contribution in [0, 0.1) is 0 Å². The number of alkyl halides is 3. The Hall–Kier alpha value is -2.76.